The van der Waals surface area contributed by atoms with Crippen molar-refractivity contribution in [3.8, 4) is 5.75 Å². The molecule has 1 heterocycles. The van der Waals surface area contributed by atoms with Gasteiger partial charge in [-0.3, -0.25) is 4.98 Å². The molecule has 0 N–H and O–H groups in total. The highest BCUT2D eigenvalue weighted by molar-refractivity contribution is 5.68. The molecule has 0 saturated heterocycles. The topological polar surface area (TPSA) is 22.1 Å². The third-order valence-corrected chi connectivity index (χ3v) is 1.92. The summed E-state index contributed by atoms with van der Waals surface area (Å²) in [7, 11) is 0. The smallest absolute Gasteiger partial charge is 0.422 e. The molecule has 0 aromatic carbocycles. The number of hydrogen-bond donors (Lipinski definition) is 0. The van der Waals surface area contributed by atoms with E-state index in [1.165, 1.54) is 12.3 Å². The van der Waals surface area contributed by atoms with Crippen molar-refractivity contribution in [3.05, 3.63) is 30.1 Å². The van der Waals surface area contributed by atoms with E-state index in [0.29, 0.717) is 16.8 Å². The predicted octanol–water partition coefficient (Wildman–Crippen LogP) is 3.36. The summed E-state index contributed by atoms with van der Waals surface area (Å²) in [5.74, 6) is 0.164. The Balaban J connectivity index is 2.96. The van der Waals surface area contributed by atoms with Crippen LogP contribution in [0.25, 0.3) is 5.57 Å². The van der Waals surface area contributed by atoms with Crippen LogP contribution in [0.4, 0.5) is 13.2 Å². The van der Waals surface area contributed by atoms with Crippen LogP contribution in [-0.4, -0.2) is 17.8 Å². The zero-order valence-corrected chi connectivity index (χ0v) is 9.06. The molecular formula is C11H12F3NO. The van der Waals surface area contributed by atoms with Gasteiger partial charge in [-0.2, -0.15) is 13.2 Å². The predicted molar refractivity (Wildman–Crippen MR) is 55.2 cm³/mol. The van der Waals surface area contributed by atoms with E-state index in [4.69, 9.17) is 4.74 Å². The van der Waals surface area contributed by atoms with Gasteiger partial charge in [0, 0.05) is 17.5 Å². The summed E-state index contributed by atoms with van der Waals surface area (Å²) >= 11 is 0. The Morgan fingerprint density at radius 1 is 1.50 bits per heavy atom. The van der Waals surface area contributed by atoms with Crippen LogP contribution in [0.2, 0.25) is 0 Å². The Labute approximate surface area is 91.8 Å². The third-order valence-electron chi connectivity index (χ3n) is 1.92. The largest absolute Gasteiger partial charge is 0.483 e. The van der Waals surface area contributed by atoms with Gasteiger partial charge in [-0.05, 0) is 25.5 Å². The standard InChI is InChI=1S/C11H12F3NO/c1-7(2)10-8(3)15-5-4-9(10)16-6-11(12,13)14/h4-5H,1,6H2,2-3H3. The van der Waals surface area contributed by atoms with Crippen molar-refractivity contribution in [2.45, 2.75) is 20.0 Å². The number of nitrogens with zero attached hydrogens (tertiary/aromatic N) is 1. The second kappa shape index (κ2) is 4.55. The van der Waals surface area contributed by atoms with Crippen molar-refractivity contribution in [2.75, 3.05) is 6.61 Å². The van der Waals surface area contributed by atoms with Gasteiger partial charge in [-0.25, -0.2) is 0 Å². The first-order chi connectivity index (χ1) is 7.31. The van der Waals surface area contributed by atoms with Gasteiger partial charge in [-0.15, -0.1) is 0 Å². The van der Waals surface area contributed by atoms with Gasteiger partial charge in [0.05, 0.1) is 0 Å². The summed E-state index contributed by atoms with van der Waals surface area (Å²) in [5, 5.41) is 0. The molecule has 0 atom stereocenters. The van der Waals surface area contributed by atoms with Gasteiger partial charge in [0.1, 0.15) is 5.75 Å². The fraction of sp³-hybridized carbons (Fsp3) is 0.364. The molecule has 88 valence electrons. The molecule has 0 saturated carbocycles. The zero-order chi connectivity index (χ0) is 12.3. The molecular weight excluding hydrogens is 219 g/mol. The van der Waals surface area contributed by atoms with Gasteiger partial charge in [0.2, 0.25) is 0 Å². The second-order valence-corrected chi connectivity index (χ2v) is 3.45. The molecule has 0 unspecified atom stereocenters. The van der Waals surface area contributed by atoms with Gasteiger partial charge in [0.25, 0.3) is 0 Å². The van der Waals surface area contributed by atoms with E-state index in [1.807, 2.05) is 0 Å². The van der Waals surface area contributed by atoms with Crippen LogP contribution in [0.5, 0.6) is 5.75 Å². The molecule has 0 aliphatic heterocycles. The zero-order valence-electron chi connectivity index (χ0n) is 9.06. The maximum absolute atomic E-state index is 12.0. The maximum atomic E-state index is 12.0. The first-order valence-corrected chi connectivity index (χ1v) is 4.62. The summed E-state index contributed by atoms with van der Waals surface area (Å²) in [6, 6.07) is 1.41. The second-order valence-electron chi connectivity index (χ2n) is 3.45. The van der Waals surface area contributed by atoms with Crippen LogP contribution in [0.15, 0.2) is 18.8 Å². The molecule has 1 aromatic heterocycles. The van der Waals surface area contributed by atoms with Crippen molar-refractivity contribution in [3.63, 3.8) is 0 Å². The van der Waals surface area contributed by atoms with Crippen molar-refractivity contribution < 1.29 is 17.9 Å². The Morgan fingerprint density at radius 2 is 2.12 bits per heavy atom. The minimum absolute atomic E-state index is 0.164. The monoisotopic (exact) mass is 231 g/mol. The number of halogens is 3. The number of hydrogen-bond acceptors (Lipinski definition) is 2. The van der Waals surface area contributed by atoms with Crippen LogP contribution in [0.3, 0.4) is 0 Å². The summed E-state index contributed by atoms with van der Waals surface area (Å²) < 4.78 is 40.8. The Morgan fingerprint density at radius 3 is 2.62 bits per heavy atom. The van der Waals surface area contributed by atoms with Crippen molar-refractivity contribution >= 4 is 5.57 Å². The number of pyridine rings is 1. The highest BCUT2D eigenvalue weighted by Gasteiger charge is 2.29. The normalized spacial score (nSPS) is 11.3. The van der Waals surface area contributed by atoms with Gasteiger partial charge >= 0.3 is 6.18 Å². The summed E-state index contributed by atoms with van der Waals surface area (Å²) in [5.41, 5.74) is 1.77. The molecule has 0 spiro atoms. The summed E-state index contributed by atoms with van der Waals surface area (Å²) in [6.45, 7) is 5.78. The van der Waals surface area contributed by atoms with E-state index in [0.717, 1.165) is 0 Å². The lowest BCUT2D eigenvalue weighted by atomic mass is 10.1. The Hall–Kier alpha value is -1.52. The minimum Gasteiger partial charge on any atom is -0.483 e. The SMILES string of the molecule is C=C(C)c1c(OCC(F)(F)F)ccnc1C. The van der Waals surface area contributed by atoms with Gasteiger partial charge < -0.3 is 4.74 Å². The molecule has 1 rings (SSSR count). The maximum Gasteiger partial charge on any atom is 0.422 e. The van der Waals surface area contributed by atoms with Crippen LogP contribution < -0.4 is 4.74 Å². The lowest BCUT2D eigenvalue weighted by Crippen LogP contribution is -2.19. The van der Waals surface area contributed by atoms with Crippen LogP contribution in [0.1, 0.15) is 18.2 Å². The third kappa shape index (κ3) is 3.25. The average Bonchev–Trinajstić information content (AvgIpc) is 2.12. The first-order valence-electron chi connectivity index (χ1n) is 4.62. The Kier molecular flexibility index (Phi) is 3.57. The summed E-state index contributed by atoms with van der Waals surface area (Å²) in [4.78, 5) is 3.98. The summed E-state index contributed by atoms with van der Waals surface area (Å²) in [6.07, 6.45) is -2.93. The van der Waals surface area contributed by atoms with Crippen molar-refractivity contribution in [1.29, 1.82) is 0 Å². The number of ether oxygens (including phenoxy) is 1. The van der Waals surface area contributed by atoms with E-state index in [2.05, 4.69) is 11.6 Å². The lowest BCUT2D eigenvalue weighted by Gasteiger charge is -2.14. The first kappa shape index (κ1) is 12.5. The van der Waals surface area contributed by atoms with Crippen LogP contribution in [0, 0.1) is 6.92 Å². The highest BCUT2D eigenvalue weighted by atomic mass is 19.4. The number of alkyl halides is 3. The number of allylic oxidation sites excluding steroid dienone is 1. The molecule has 1 aromatic rings. The fourth-order valence-corrected chi connectivity index (χ4v) is 1.34. The highest BCUT2D eigenvalue weighted by Crippen LogP contribution is 2.28. The molecule has 16 heavy (non-hydrogen) atoms. The molecule has 0 amide bonds. The molecule has 0 bridgehead atoms. The van der Waals surface area contributed by atoms with Crippen molar-refractivity contribution in [2.24, 2.45) is 0 Å². The molecule has 0 aliphatic rings. The van der Waals surface area contributed by atoms with E-state index in [-0.39, 0.29) is 5.75 Å². The van der Waals surface area contributed by atoms with Crippen molar-refractivity contribution in [1.82, 2.24) is 4.98 Å². The van der Waals surface area contributed by atoms with E-state index in [9.17, 15) is 13.2 Å². The molecule has 0 radical (unpaired) electrons. The van der Waals surface area contributed by atoms with Gasteiger partial charge in [-0.1, -0.05) is 6.58 Å². The average molecular weight is 231 g/mol. The van der Waals surface area contributed by atoms with E-state index < -0.39 is 12.8 Å². The fourth-order valence-electron chi connectivity index (χ4n) is 1.34. The molecule has 5 heteroatoms. The lowest BCUT2D eigenvalue weighted by molar-refractivity contribution is -0.153. The van der Waals surface area contributed by atoms with Crippen LogP contribution in [-0.2, 0) is 0 Å². The van der Waals surface area contributed by atoms with E-state index >= 15 is 0 Å². The van der Waals surface area contributed by atoms with E-state index in [1.54, 1.807) is 13.8 Å². The van der Waals surface area contributed by atoms with Gasteiger partial charge in [0.15, 0.2) is 6.61 Å². The van der Waals surface area contributed by atoms with Crippen LogP contribution >= 0.6 is 0 Å². The Bertz CT molecular complexity index is 399. The number of aromatic nitrogens is 1. The molecule has 0 fully saturated rings. The quantitative estimate of drug-likeness (QED) is 0.795. The molecule has 2 nitrogen and oxygen atoms in total. The number of aryl methyl sites for hydroxylation is 1. The minimum atomic E-state index is -4.34. The number of rotatable bonds is 3. The molecule has 0 aliphatic carbocycles.